The molecule has 4 rings (SSSR count). The summed E-state index contributed by atoms with van der Waals surface area (Å²) in [7, 11) is 1.96. The third-order valence-electron chi connectivity index (χ3n) is 4.39. The number of amides is 1. The highest BCUT2D eigenvalue weighted by molar-refractivity contribution is 7.99. The van der Waals surface area contributed by atoms with Crippen molar-refractivity contribution in [1.29, 1.82) is 0 Å². The molecule has 0 saturated heterocycles. The number of carbonyl (C=O) groups is 1. The van der Waals surface area contributed by atoms with Gasteiger partial charge in [0, 0.05) is 18.4 Å². The minimum absolute atomic E-state index is 0.0473. The topological polar surface area (TPSA) is 73.0 Å². The summed E-state index contributed by atoms with van der Waals surface area (Å²) in [4.78, 5) is 12.2. The first kappa shape index (κ1) is 16.2. The number of fused-ring (bicyclic) bond motifs is 1. The van der Waals surface area contributed by atoms with Crippen molar-refractivity contribution in [2.24, 2.45) is 7.05 Å². The Labute approximate surface area is 150 Å². The van der Waals surface area contributed by atoms with Gasteiger partial charge in [-0.2, -0.15) is 0 Å². The molecule has 1 atom stereocenters. The minimum atomic E-state index is -0.179. The summed E-state index contributed by atoms with van der Waals surface area (Å²) in [6, 6.07) is 9.62. The van der Waals surface area contributed by atoms with Crippen molar-refractivity contribution in [2.75, 3.05) is 5.75 Å². The van der Waals surface area contributed by atoms with Gasteiger partial charge in [-0.15, -0.1) is 10.2 Å². The Morgan fingerprint density at radius 2 is 2.20 bits per heavy atom. The molecule has 7 heteroatoms. The van der Waals surface area contributed by atoms with Crippen molar-refractivity contribution in [3.8, 4) is 0 Å². The highest BCUT2D eigenvalue weighted by Gasteiger charge is 2.29. The van der Waals surface area contributed by atoms with E-state index in [1.165, 1.54) is 24.6 Å². The molecule has 0 bridgehead atoms. The molecule has 0 radical (unpaired) electrons. The molecule has 1 aromatic carbocycles. The number of hydrogen-bond acceptors (Lipinski definition) is 5. The van der Waals surface area contributed by atoms with E-state index in [4.69, 9.17) is 4.42 Å². The zero-order valence-electron chi connectivity index (χ0n) is 14.2. The number of carbonyl (C=O) groups excluding carboxylic acids is 1. The molecule has 2 aromatic heterocycles. The maximum Gasteiger partial charge on any atom is 0.231 e. The van der Waals surface area contributed by atoms with Crippen LogP contribution in [0.1, 0.15) is 43.3 Å². The molecule has 6 nitrogen and oxygen atoms in total. The molecular formula is C18H20N4O2S. The van der Waals surface area contributed by atoms with E-state index in [1.807, 2.05) is 48.9 Å². The quantitative estimate of drug-likeness (QED) is 0.685. The van der Waals surface area contributed by atoms with Gasteiger partial charge in [0.2, 0.25) is 5.91 Å². The Balaban J connectivity index is 1.35. The zero-order valence-corrected chi connectivity index (χ0v) is 15.0. The van der Waals surface area contributed by atoms with E-state index in [-0.39, 0.29) is 11.9 Å². The SMILES string of the molecule is C[C@H](NC(=O)CSc1nnc(C2CC2)n1C)c1cc2ccccc2o1. The molecular weight excluding hydrogens is 336 g/mol. The highest BCUT2D eigenvalue weighted by atomic mass is 32.2. The molecule has 25 heavy (non-hydrogen) atoms. The van der Waals surface area contributed by atoms with Crippen LogP contribution in [0.15, 0.2) is 39.9 Å². The van der Waals surface area contributed by atoms with Gasteiger partial charge in [0.15, 0.2) is 5.16 Å². The van der Waals surface area contributed by atoms with Gasteiger partial charge in [0.1, 0.15) is 17.2 Å². The van der Waals surface area contributed by atoms with Gasteiger partial charge in [-0.25, -0.2) is 0 Å². The van der Waals surface area contributed by atoms with E-state index in [0.717, 1.165) is 27.7 Å². The van der Waals surface area contributed by atoms with E-state index < -0.39 is 0 Å². The van der Waals surface area contributed by atoms with Gasteiger partial charge in [0.05, 0.1) is 11.8 Å². The van der Waals surface area contributed by atoms with Crippen LogP contribution < -0.4 is 5.32 Å². The molecule has 0 spiro atoms. The molecule has 0 unspecified atom stereocenters. The fourth-order valence-electron chi connectivity index (χ4n) is 2.85. The maximum atomic E-state index is 12.2. The number of nitrogens with one attached hydrogen (secondary N) is 1. The Kier molecular flexibility index (Phi) is 4.25. The number of rotatable bonds is 6. The normalized spacial score (nSPS) is 15.4. The average molecular weight is 356 g/mol. The lowest BCUT2D eigenvalue weighted by atomic mass is 10.2. The number of para-hydroxylation sites is 1. The summed E-state index contributed by atoms with van der Waals surface area (Å²) in [5.41, 5.74) is 0.833. The summed E-state index contributed by atoms with van der Waals surface area (Å²) in [6.45, 7) is 1.92. The zero-order chi connectivity index (χ0) is 17.4. The molecule has 1 aliphatic rings. The number of aromatic nitrogens is 3. The average Bonchev–Trinajstić information content (AvgIpc) is 3.23. The van der Waals surface area contributed by atoms with Crippen LogP contribution in [-0.4, -0.2) is 26.4 Å². The number of nitrogens with zero attached hydrogens (tertiary/aromatic N) is 3. The summed E-state index contributed by atoms with van der Waals surface area (Å²) < 4.78 is 7.80. The molecule has 1 saturated carbocycles. The molecule has 2 heterocycles. The summed E-state index contributed by atoms with van der Waals surface area (Å²) in [5.74, 6) is 2.59. The lowest BCUT2D eigenvalue weighted by Gasteiger charge is -2.11. The molecule has 130 valence electrons. The van der Waals surface area contributed by atoms with Crippen LogP contribution in [0, 0.1) is 0 Å². The maximum absolute atomic E-state index is 12.2. The molecule has 1 aliphatic carbocycles. The van der Waals surface area contributed by atoms with Gasteiger partial charge in [0.25, 0.3) is 0 Å². The van der Waals surface area contributed by atoms with Gasteiger partial charge in [-0.05, 0) is 31.9 Å². The number of hydrogen-bond donors (Lipinski definition) is 1. The first-order valence-electron chi connectivity index (χ1n) is 8.41. The van der Waals surface area contributed by atoms with Crippen LogP contribution in [0.2, 0.25) is 0 Å². The summed E-state index contributed by atoms with van der Waals surface area (Å²) >= 11 is 1.41. The van der Waals surface area contributed by atoms with E-state index in [9.17, 15) is 4.79 Å². The van der Waals surface area contributed by atoms with Gasteiger partial charge in [-0.3, -0.25) is 4.79 Å². The van der Waals surface area contributed by atoms with Crippen molar-refractivity contribution in [3.05, 3.63) is 41.9 Å². The van der Waals surface area contributed by atoms with Crippen LogP contribution in [0.25, 0.3) is 11.0 Å². The van der Waals surface area contributed by atoms with Crippen LogP contribution in [0.3, 0.4) is 0 Å². The van der Waals surface area contributed by atoms with Crippen LogP contribution >= 0.6 is 11.8 Å². The third-order valence-corrected chi connectivity index (χ3v) is 5.41. The Bertz CT molecular complexity index is 880. The van der Waals surface area contributed by atoms with E-state index in [0.29, 0.717) is 11.7 Å². The van der Waals surface area contributed by atoms with E-state index in [1.54, 1.807) is 0 Å². The van der Waals surface area contributed by atoms with Crippen molar-refractivity contribution in [2.45, 2.75) is 36.9 Å². The van der Waals surface area contributed by atoms with Gasteiger partial charge in [-0.1, -0.05) is 30.0 Å². The van der Waals surface area contributed by atoms with E-state index in [2.05, 4.69) is 15.5 Å². The number of thioether (sulfide) groups is 1. The Hall–Kier alpha value is -2.28. The standard InChI is InChI=1S/C18H20N4O2S/c1-11(15-9-13-5-3-4-6-14(13)24-15)19-16(23)10-25-18-21-20-17(22(18)2)12-7-8-12/h3-6,9,11-12H,7-8,10H2,1-2H3,(H,19,23)/t11-/m0/s1. The van der Waals surface area contributed by atoms with Crippen molar-refractivity contribution >= 4 is 28.6 Å². The molecule has 1 fully saturated rings. The van der Waals surface area contributed by atoms with Crippen LogP contribution in [-0.2, 0) is 11.8 Å². The van der Waals surface area contributed by atoms with Gasteiger partial charge >= 0.3 is 0 Å². The second kappa shape index (κ2) is 6.55. The molecule has 1 amide bonds. The molecule has 3 aromatic rings. The Morgan fingerprint density at radius 1 is 1.40 bits per heavy atom. The van der Waals surface area contributed by atoms with Crippen LogP contribution in [0.4, 0.5) is 0 Å². The Morgan fingerprint density at radius 3 is 2.96 bits per heavy atom. The lowest BCUT2D eigenvalue weighted by molar-refractivity contribution is -0.119. The van der Waals surface area contributed by atoms with Crippen molar-refractivity contribution < 1.29 is 9.21 Å². The second-order valence-corrected chi connectivity index (χ2v) is 7.38. The molecule has 0 aliphatic heterocycles. The second-order valence-electron chi connectivity index (χ2n) is 6.44. The molecule has 1 N–H and O–H groups in total. The van der Waals surface area contributed by atoms with Crippen molar-refractivity contribution in [1.82, 2.24) is 20.1 Å². The summed E-state index contributed by atoms with van der Waals surface area (Å²) in [6.07, 6.45) is 2.37. The number of furan rings is 1. The summed E-state index contributed by atoms with van der Waals surface area (Å²) in [5, 5.41) is 13.2. The smallest absolute Gasteiger partial charge is 0.231 e. The third kappa shape index (κ3) is 3.42. The minimum Gasteiger partial charge on any atom is -0.459 e. The largest absolute Gasteiger partial charge is 0.459 e. The predicted molar refractivity (Wildman–Crippen MR) is 96.5 cm³/mol. The first-order chi connectivity index (χ1) is 12.1. The fraction of sp³-hybridized carbons (Fsp3) is 0.389. The number of benzene rings is 1. The van der Waals surface area contributed by atoms with Crippen LogP contribution in [0.5, 0.6) is 0 Å². The monoisotopic (exact) mass is 356 g/mol. The fourth-order valence-corrected chi connectivity index (χ4v) is 3.58. The van der Waals surface area contributed by atoms with E-state index >= 15 is 0 Å². The lowest BCUT2D eigenvalue weighted by Crippen LogP contribution is -2.28. The van der Waals surface area contributed by atoms with Gasteiger partial charge < -0.3 is 14.3 Å². The highest BCUT2D eigenvalue weighted by Crippen LogP contribution is 2.39. The predicted octanol–water partition coefficient (Wildman–Crippen LogP) is 3.41. The van der Waals surface area contributed by atoms with Crippen molar-refractivity contribution in [3.63, 3.8) is 0 Å². The first-order valence-corrected chi connectivity index (χ1v) is 9.40.